The van der Waals surface area contributed by atoms with Crippen molar-refractivity contribution in [3.63, 3.8) is 0 Å². The van der Waals surface area contributed by atoms with Gasteiger partial charge in [-0.25, -0.2) is 4.39 Å². The van der Waals surface area contributed by atoms with Crippen molar-refractivity contribution in [2.45, 2.75) is 25.3 Å². The molecule has 142 valence electrons. The minimum absolute atomic E-state index is 0.133. The molecule has 27 heavy (non-hydrogen) atoms. The number of carbonyl (C=O) groups is 3. The van der Waals surface area contributed by atoms with Gasteiger partial charge in [-0.05, 0) is 41.8 Å². The number of nitrogens with one attached hydrogen (secondary N) is 2. The van der Waals surface area contributed by atoms with Crippen molar-refractivity contribution in [2.24, 2.45) is 0 Å². The molecule has 0 saturated heterocycles. The molecule has 3 N–H and O–H groups in total. The molecule has 0 radical (unpaired) electrons. The number of aliphatic carboxylic acids is 1. The Morgan fingerprint density at radius 2 is 1.81 bits per heavy atom. The first kappa shape index (κ1) is 20.1. The van der Waals surface area contributed by atoms with Gasteiger partial charge in [0.1, 0.15) is 5.82 Å². The quantitative estimate of drug-likeness (QED) is 0.663. The van der Waals surface area contributed by atoms with Crippen molar-refractivity contribution in [3.05, 3.63) is 71.0 Å². The van der Waals surface area contributed by atoms with Crippen LogP contribution in [-0.4, -0.2) is 29.9 Å². The fourth-order valence-electron chi connectivity index (χ4n) is 2.66. The van der Waals surface area contributed by atoms with Crippen LogP contribution in [0.5, 0.6) is 0 Å². The molecule has 0 saturated carbocycles. The normalized spacial score (nSPS) is 11.5. The first-order valence-electron chi connectivity index (χ1n) is 8.46. The number of halogens is 1. The highest BCUT2D eigenvalue weighted by Gasteiger charge is 2.18. The molecule has 0 fully saturated rings. The van der Waals surface area contributed by atoms with Crippen molar-refractivity contribution in [3.8, 4) is 0 Å². The number of benzene rings is 2. The largest absolute Gasteiger partial charge is 0.481 e. The minimum atomic E-state index is -1.07. The topological polar surface area (TPSA) is 95.5 Å². The van der Waals surface area contributed by atoms with Crippen LogP contribution in [0, 0.1) is 5.82 Å². The van der Waals surface area contributed by atoms with Gasteiger partial charge in [0.15, 0.2) is 0 Å². The molecule has 0 aliphatic carbocycles. The van der Waals surface area contributed by atoms with Gasteiger partial charge in [0.2, 0.25) is 5.91 Å². The van der Waals surface area contributed by atoms with Crippen LogP contribution >= 0.6 is 0 Å². The Hall–Kier alpha value is -3.22. The first-order valence-corrected chi connectivity index (χ1v) is 8.46. The maximum absolute atomic E-state index is 13.1. The highest BCUT2D eigenvalue weighted by atomic mass is 19.1. The van der Waals surface area contributed by atoms with E-state index in [2.05, 4.69) is 10.6 Å². The van der Waals surface area contributed by atoms with Gasteiger partial charge < -0.3 is 15.7 Å². The van der Waals surface area contributed by atoms with Crippen LogP contribution in [0.3, 0.4) is 0 Å². The monoisotopic (exact) mass is 372 g/mol. The summed E-state index contributed by atoms with van der Waals surface area (Å²) in [4.78, 5) is 35.0. The van der Waals surface area contributed by atoms with Crippen LogP contribution < -0.4 is 10.6 Å². The molecule has 7 heteroatoms. The number of amides is 2. The summed E-state index contributed by atoms with van der Waals surface area (Å²) in [7, 11) is 1.54. The average molecular weight is 372 g/mol. The van der Waals surface area contributed by atoms with E-state index in [0.29, 0.717) is 17.5 Å². The number of aryl methyl sites for hydroxylation is 1. The predicted molar refractivity (Wildman–Crippen MR) is 97.7 cm³/mol. The molecule has 0 heterocycles. The molecule has 0 spiro atoms. The number of carboxylic acid groups (broad SMARTS) is 1. The minimum Gasteiger partial charge on any atom is -0.481 e. The highest BCUT2D eigenvalue weighted by Crippen LogP contribution is 2.18. The molecular formula is C20H21FN2O4. The molecule has 1 unspecified atom stereocenters. The zero-order valence-corrected chi connectivity index (χ0v) is 14.9. The third kappa shape index (κ3) is 6.22. The Bertz CT molecular complexity index is 821. The summed E-state index contributed by atoms with van der Waals surface area (Å²) in [6, 6.07) is 11.6. The molecule has 0 bridgehead atoms. The average Bonchev–Trinajstić information content (AvgIpc) is 2.65. The van der Waals surface area contributed by atoms with E-state index < -0.39 is 17.8 Å². The molecule has 2 amide bonds. The van der Waals surface area contributed by atoms with Crippen molar-refractivity contribution in [2.75, 3.05) is 7.05 Å². The van der Waals surface area contributed by atoms with Gasteiger partial charge in [-0.15, -0.1) is 0 Å². The van der Waals surface area contributed by atoms with E-state index in [-0.39, 0.29) is 24.7 Å². The third-order valence-electron chi connectivity index (χ3n) is 4.04. The Morgan fingerprint density at radius 3 is 2.44 bits per heavy atom. The van der Waals surface area contributed by atoms with Crippen molar-refractivity contribution in [1.82, 2.24) is 10.6 Å². The van der Waals surface area contributed by atoms with Crippen LogP contribution in [0.4, 0.5) is 4.39 Å². The van der Waals surface area contributed by atoms with E-state index in [1.54, 1.807) is 25.2 Å². The first-order chi connectivity index (χ1) is 12.9. The summed E-state index contributed by atoms with van der Waals surface area (Å²) in [5.74, 6) is -2.03. The Balaban J connectivity index is 2.00. The van der Waals surface area contributed by atoms with E-state index in [1.165, 1.54) is 24.3 Å². The molecule has 0 aliphatic heterocycles. The molecule has 2 aromatic carbocycles. The summed E-state index contributed by atoms with van der Waals surface area (Å²) in [5.41, 5.74) is 1.85. The van der Waals surface area contributed by atoms with E-state index >= 15 is 0 Å². The highest BCUT2D eigenvalue weighted by molar-refractivity contribution is 5.94. The standard InChI is InChI=1S/C20H21FN2O4/c1-22-20(27)15-4-2-3-13(11-15)5-10-18(24)23-17(12-19(25)26)14-6-8-16(21)9-7-14/h2-4,6-9,11,17H,5,10,12H2,1H3,(H,22,27)(H,23,24)(H,25,26). The fraction of sp³-hybridized carbons (Fsp3) is 0.250. The van der Waals surface area contributed by atoms with Gasteiger partial charge in [0.25, 0.3) is 5.91 Å². The number of hydrogen-bond acceptors (Lipinski definition) is 3. The third-order valence-corrected chi connectivity index (χ3v) is 4.04. The van der Waals surface area contributed by atoms with E-state index in [9.17, 15) is 18.8 Å². The van der Waals surface area contributed by atoms with Crippen molar-refractivity contribution >= 4 is 17.8 Å². The van der Waals surface area contributed by atoms with Crippen LogP contribution in [0.1, 0.15) is 40.4 Å². The Labute approximate surface area is 156 Å². The van der Waals surface area contributed by atoms with E-state index in [1.807, 2.05) is 6.07 Å². The van der Waals surface area contributed by atoms with Gasteiger partial charge in [-0.3, -0.25) is 14.4 Å². The SMILES string of the molecule is CNC(=O)c1cccc(CCC(=O)NC(CC(=O)O)c2ccc(F)cc2)c1. The van der Waals surface area contributed by atoms with Crippen LogP contribution in [-0.2, 0) is 16.0 Å². The number of hydrogen-bond donors (Lipinski definition) is 3. The molecule has 2 rings (SSSR count). The van der Waals surface area contributed by atoms with Crippen molar-refractivity contribution < 1.29 is 23.9 Å². The van der Waals surface area contributed by atoms with E-state index in [0.717, 1.165) is 5.56 Å². The summed E-state index contributed by atoms with van der Waals surface area (Å²) in [6.07, 6.45) is 0.234. The summed E-state index contributed by atoms with van der Waals surface area (Å²) in [5, 5.41) is 14.3. The summed E-state index contributed by atoms with van der Waals surface area (Å²) in [6.45, 7) is 0. The Morgan fingerprint density at radius 1 is 1.11 bits per heavy atom. The second-order valence-electron chi connectivity index (χ2n) is 6.05. The molecular weight excluding hydrogens is 351 g/mol. The van der Waals surface area contributed by atoms with Gasteiger partial charge in [0, 0.05) is 19.0 Å². The molecule has 2 aromatic rings. The lowest BCUT2D eigenvalue weighted by atomic mass is 10.0. The fourth-order valence-corrected chi connectivity index (χ4v) is 2.66. The lowest BCUT2D eigenvalue weighted by molar-refractivity contribution is -0.137. The Kier molecular flexibility index (Phi) is 7.05. The second-order valence-corrected chi connectivity index (χ2v) is 6.05. The second kappa shape index (κ2) is 9.47. The van der Waals surface area contributed by atoms with Crippen molar-refractivity contribution in [1.29, 1.82) is 0 Å². The van der Waals surface area contributed by atoms with E-state index in [4.69, 9.17) is 5.11 Å². The van der Waals surface area contributed by atoms with Crippen LogP contribution in [0.25, 0.3) is 0 Å². The lowest BCUT2D eigenvalue weighted by Crippen LogP contribution is -2.30. The zero-order chi connectivity index (χ0) is 19.8. The number of carbonyl (C=O) groups excluding carboxylic acids is 2. The van der Waals surface area contributed by atoms with Gasteiger partial charge >= 0.3 is 5.97 Å². The maximum Gasteiger partial charge on any atom is 0.305 e. The van der Waals surface area contributed by atoms with Gasteiger partial charge in [-0.2, -0.15) is 0 Å². The predicted octanol–water partition coefficient (Wildman–Crippen LogP) is 2.45. The smallest absolute Gasteiger partial charge is 0.305 e. The number of rotatable bonds is 8. The molecule has 0 aliphatic rings. The molecule has 6 nitrogen and oxygen atoms in total. The maximum atomic E-state index is 13.1. The molecule has 1 atom stereocenters. The number of carboxylic acids is 1. The lowest BCUT2D eigenvalue weighted by Gasteiger charge is -2.17. The van der Waals surface area contributed by atoms with Gasteiger partial charge in [0.05, 0.1) is 12.5 Å². The van der Waals surface area contributed by atoms with Crippen LogP contribution in [0.2, 0.25) is 0 Å². The summed E-state index contributed by atoms with van der Waals surface area (Å²) >= 11 is 0. The van der Waals surface area contributed by atoms with Crippen LogP contribution in [0.15, 0.2) is 48.5 Å². The summed E-state index contributed by atoms with van der Waals surface area (Å²) < 4.78 is 13.1. The zero-order valence-electron chi connectivity index (χ0n) is 14.9. The van der Waals surface area contributed by atoms with Gasteiger partial charge in [-0.1, -0.05) is 24.3 Å². The molecule has 0 aromatic heterocycles.